The summed E-state index contributed by atoms with van der Waals surface area (Å²) in [5.74, 6) is 9.62. The lowest BCUT2D eigenvalue weighted by molar-refractivity contribution is 0.0140. The predicted octanol–water partition coefficient (Wildman–Crippen LogP) is 20.0. The van der Waals surface area contributed by atoms with Gasteiger partial charge in [-0.2, -0.15) is 11.3 Å². The number of halogens is 5. The smallest absolute Gasteiger partial charge is 0.253 e. The highest BCUT2D eigenvalue weighted by molar-refractivity contribution is 7.08. The van der Waals surface area contributed by atoms with Gasteiger partial charge in [-0.05, 0) is 153 Å². The van der Waals surface area contributed by atoms with Gasteiger partial charge in [0.25, 0.3) is 6.29 Å². The van der Waals surface area contributed by atoms with Gasteiger partial charge >= 0.3 is 0 Å². The fraction of sp³-hybridized carbons (Fsp3) is 0.247. The molecule has 7 heterocycles. The summed E-state index contributed by atoms with van der Waals surface area (Å²) >= 11 is 32.1. The molecule has 6 atom stereocenters. The van der Waals surface area contributed by atoms with Gasteiger partial charge in [0, 0.05) is 103 Å². The molecular weight excluding hydrogens is 1620 g/mol. The van der Waals surface area contributed by atoms with Crippen molar-refractivity contribution in [3.63, 3.8) is 0 Å². The van der Waals surface area contributed by atoms with E-state index in [2.05, 4.69) is 16.8 Å². The SMILES string of the molecule is COc1ccccc1-c1cccc2c1O[C@@](C)(CN)CO2.C[C@]1(CN)COc2cccc(-c3ccc(Cl)cc3)c2O1.C[C@]1(CN)COc2cccc(-c3cccc(Cl)c3)c2O1.C[C@]1(CN)COc2cccc(-c3ccccc3Cl)c2O1.C[C@]1(CN)COc2cccc(-c3ccsc3)c2O1.NCC1Oc2cccc(-c3ccc(Cl)cc3Cl)c2O1. The lowest BCUT2D eigenvalue weighted by atomic mass is 10.0. The zero-order valence-corrected chi connectivity index (χ0v) is 70.6. The van der Waals surface area contributed by atoms with E-state index in [-0.39, 0.29) is 0 Å². The Hall–Kier alpha value is -10.3. The highest BCUT2D eigenvalue weighted by Gasteiger charge is 2.39. The second kappa shape index (κ2) is 37.8. The van der Waals surface area contributed by atoms with Crippen LogP contribution in [0.2, 0.25) is 25.1 Å². The number of nitrogens with two attached hydrogens (primary N) is 6. The molecule has 0 amide bonds. The summed E-state index contributed by atoms with van der Waals surface area (Å²) in [6.07, 6.45) is -0.442. The number of methoxy groups -OCH3 is 1. The third kappa shape index (κ3) is 19.8. The summed E-state index contributed by atoms with van der Waals surface area (Å²) in [7, 11) is 1.66. The summed E-state index contributed by atoms with van der Waals surface area (Å²) in [5, 5.41) is 7.41. The topological polar surface area (TPSA) is 276 Å². The minimum Gasteiger partial charge on any atom is -0.496 e. The van der Waals surface area contributed by atoms with Gasteiger partial charge < -0.3 is 96.0 Å². The average Bonchev–Trinajstić information content (AvgIpc) is 1.15. The van der Waals surface area contributed by atoms with E-state index in [0.29, 0.717) is 115 Å². The first-order valence-electron chi connectivity index (χ1n) is 38.2. The van der Waals surface area contributed by atoms with Crippen molar-refractivity contribution in [3.8, 4) is 142 Å². The summed E-state index contributed by atoms with van der Waals surface area (Å²) in [6.45, 7) is 14.4. The first kappa shape index (κ1) is 85.6. The molecule has 19 nitrogen and oxygen atoms in total. The zero-order valence-electron chi connectivity index (χ0n) is 66.0. The van der Waals surface area contributed by atoms with Gasteiger partial charge in [-0.3, -0.25) is 0 Å². The molecule has 118 heavy (non-hydrogen) atoms. The van der Waals surface area contributed by atoms with Gasteiger partial charge in [0.2, 0.25) is 0 Å². The molecule has 6 aliphatic heterocycles. The van der Waals surface area contributed by atoms with Crippen LogP contribution >= 0.6 is 69.3 Å². The Morgan fingerprint density at radius 1 is 0.322 bits per heavy atom. The Morgan fingerprint density at radius 3 is 1.11 bits per heavy atom. The van der Waals surface area contributed by atoms with Crippen LogP contribution in [0.5, 0.6) is 74.7 Å². The molecular formula is C93H93Cl5N6O13S. The highest BCUT2D eigenvalue weighted by atomic mass is 35.5. The first-order chi connectivity index (χ1) is 56.9. The van der Waals surface area contributed by atoms with Crippen molar-refractivity contribution in [2.24, 2.45) is 34.4 Å². The minimum absolute atomic E-state index is 0.294. The number of benzene rings is 11. The quantitative estimate of drug-likeness (QED) is 0.0626. The monoisotopic (exact) mass is 1710 g/mol. The van der Waals surface area contributed by atoms with Crippen molar-refractivity contribution < 1.29 is 61.6 Å². The number of thiophene rings is 1. The van der Waals surface area contributed by atoms with E-state index in [1.165, 1.54) is 0 Å². The molecule has 25 heteroatoms. The second-order valence-electron chi connectivity index (χ2n) is 29.8. The van der Waals surface area contributed by atoms with Crippen molar-refractivity contribution >= 4 is 69.3 Å². The van der Waals surface area contributed by atoms with Crippen LogP contribution in [0.25, 0.3) is 66.8 Å². The molecule has 1 unspecified atom stereocenters. The maximum absolute atomic E-state index is 6.29. The number of rotatable bonds is 13. The normalized spacial score (nSPS) is 20.2. The van der Waals surface area contributed by atoms with E-state index in [0.717, 1.165) is 124 Å². The molecule has 0 aliphatic carbocycles. The molecule has 11 aromatic carbocycles. The van der Waals surface area contributed by atoms with Crippen molar-refractivity contribution in [1.29, 1.82) is 0 Å². The Balaban J connectivity index is 0.000000123. The summed E-state index contributed by atoms with van der Waals surface area (Å²) in [4.78, 5) is 0. The van der Waals surface area contributed by atoms with E-state index in [4.69, 9.17) is 154 Å². The van der Waals surface area contributed by atoms with Crippen LogP contribution in [0, 0.1) is 0 Å². The summed E-state index contributed by atoms with van der Waals surface area (Å²) in [5.41, 5.74) is 43.7. The molecule has 12 aromatic rings. The van der Waals surface area contributed by atoms with Gasteiger partial charge in [-0.25, -0.2) is 0 Å². The van der Waals surface area contributed by atoms with Gasteiger partial charge in [-0.1, -0.05) is 198 Å². The van der Waals surface area contributed by atoms with E-state index in [1.807, 2.05) is 247 Å². The molecule has 0 saturated heterocycles. The van der Waals surface area contributed by atoms with Crippen LogP contribution in [0.4, 0.5) is 0 Å². The molecule has 0 saturated carbocycles. The molecule has 0 spiro atoms. The van der Waals surface area contributed by atoms with Crippen molar-refractivity contribution in [2.45, 2.75) is 68.9 Å². The number of hydrogen-bond donors (Lipinski definition) is 6. The summed E-state index contributed by atoms with van der Waals surface area (Å²) in [6, 6.07) is 73.3. The standard InChI is InChI=1S/C17H19NO3.3C16H16ClNO2.C14H11Cl2NO2.C14H15NO2S/c1-17(10-18)11-20-15-9-5-7-13(16(15)21-17)12-6-3-4-8-14(12)19-2;1-16(9-18)10-19-14-7-3-6-13(15(14)20-16)11-4-2-5-12(17)8-11;1-16(9-18)10-19-14-8-4-6-12(15(14)20-16)11-5-2-3-7-13(11)17;1-16(9-18)10-19-14-4-2-3-13(15(14)20-16)11-5-7-12(17)8-6-11;15-8-4-5-9(11(16)6-8)10-2-1-3-12-14(10)19-13(7-17)18-12;1-14(8-15)9-16-12-4-2-3-11(13(12)17-14)10-5-6-18-7-10/h3-9H,10-11,18H2,1-2H3;3*2-8H,9-10,18H2,1H3;1-6,13H,7,17H2;2-7H,8-9,15H2,1H3/t17-;3*16-;;14-/m0000.0/s1. The molecule has 12 N–H and O–H groups in total. The van der Waals surface area contributed by atoms with Crippen LogP contribution in [0.1, 0.15) is 34.6 Å². The third-order valence-electron chi connectivity index (χ3n) is 20.0. The zero-order chi connectivity index (χ0) is 83.4. The van der Waals surface area contributed by atoms with E-state index in [9.17, 15) is 0 Å². The number of ether oxygens (including phenoxy) is 13. The maximum Gasteiger partial charge on any atom is 0.253 e. The Labute approximate surface area is 716 Å². The molecule has 6 aliphatic rings. The van der Waals surface area contributed by atoms with Gasteiger partial charge in [0.05, 0.1) is 18.7 Å². The molecule has 1 aromatic heterocycles. The molecule has 0 fully saturated rings. The van der Waals surface area contributed by atoms with Crippen molar-refractivity contribution in [3.05, 3.63) is 266 Å². The van der Waals surface area contributed by atoms with Crippen LogP contribution < -0.4 is 96.0 Å². The van der Waals surface area contributed by atoms with Crippen LogP contribution in [0.15, 0.2) is 241 Å². The van der Waals surface area contributed by atoms with Crippen LogP contribution in [0.3, 0.4) is 0 Å². The number of hydrogen-bond acceptors (Lipinski definition) is 20. The van der Waals surface area contributed by atoms with E-state index in [1.54, 1.807) is 30.6 Å². The fourth-order valence-corrected chi connectivity index (χ4v) is 14.8. The highest BCUT2D eigenvalue weighted by Crippen LogP contribution is 2.51. The van der Waals surface area contributed by atoms with Crippen molar-refractivity contribution in [1.82, 2.24) is 0 Å². The Kier molecular flexibility index (Phi) is 27.4. The molecule has 0 bridgehead atoms. The van der Waals surface area contributed by atoms with Gasteiger partial charge in [-0.15, -0.1) is 0 Å². The van der Waals surface area contributed by atoms with E-state index < -0.39 is 34.3 Å². The first-order valence-corrected chi connectivity index (χ1v) is 41.0. The van der Waals surface area contributed by atoms with Crippen LogP contribution in [-0.2, 0) is 0 Å². The molecule has 18 rings (SSSR count). The second-order valence-corrected chi connectivity index (χ2v) is 32.7. The van der Waals surface area contributed by atoms with Crippen molar-refractivity contribution in [2.75, 3.05) is 79.4 Å². The average molecular weight is 1710 g/mol. The van der Waals surface area contributed by atoms with Crippen LogP contribution in [-0.4, -0.2) is 114 Å². The lowest BCUT2D eigenvalue weighted by Gasteiger charge is -2.35. The lowest BCUT2D eigenvalue weighted by Crippen LogP contribution is -2.48. The number of para-hydroxylation sites is 7. The predicted molar refractivity (Wildman–Crippen MR) is 473 cm³/mol. The van der Waals surface area contributed by atoms with Gasteiger partial charge in [0.15, 0.2) is 97.0 Å². The fourth-order valence-electron chi connectivity index (χ4n) is 13.1. The molecule has 0 radical (unpaired) electrons. The third-order valence-corrected chi connectivity index (χ3v) is 22.1. The summed E-state index contributed by atoms with van der Waals surface area (Å²) < 4.78 is 76.2. The van der Waals surface area contributed by atoms with Gasteiger partial charge in [0.1, 0.15) is 38.8 Å². The largest absolute Gasteiger partial charge is 0.496 e. The molecule has 614 valence electrons. The number of fused-ring (bicyclic) bond motifs is 6. The minimum atomic E-state index is -0.510. The maximum atomic E-state index is 6.29. The Bertz CT molecular complexity index is 5480. The Morgan fingerprint density at radius 2 is 0.686 bits per heavy atom. The van der Waals surface area contributed by atoms with E-state index >= 15 is 0 Å².